The molecule has 0 aliphatic heterocycles. The van der Waals surface area contributed by atoms with Gasteiger partial charge in [0.1, 0.15) is 11.5 Å². The number of rotatable bonds is 5. The van der Waals surface area contributed by atoms with E-state index in [4.69, 9.17) is 4.52 Å². The quantitative estimate of drug-likeness (QED) is 0.502. The summed E-state index contributed by atoms with van der Waals surface area (Å²) < 4.78 is 43.2. The van der Waals surface area contributed by atoms with Crippen LogP contribution in [-0.2, 0) is 16.4 Å². The predicted octanol–water partition coefficient (Wildman–Crippen LogP) is 2.29. The lowest BCUT2D eigenvalue weighted by atomic mass is 10.0. The molecular formula is C17H14FN3O4S. The summed E-state index contributed by atoms with van der Waals surface area (Å²) in [6.45, 7) is 3.77. The van der Waals surface area contributed by atoms with Gasteiger partial charge >= 0.3 is 5.63 Å². The zero-order valence-corrected chi connectivity index (χ0v) is 14.5. The number of aromatic nitrogens is 3. The Balaban J connectivity index is 2.31. The molecule has 0 spiro atoms. The summed E-state index contributed by atoms with van der Waals surface area (Å²) in [5.41, 5.74) is 0.344. The van der Waals surface area contributed by atoms with Crippen LogP contribution in [0.3, 0.4) is 0 Å². The van der Waals surface area contributed by atoms with E-state index in [0.29, 0.717) is 5.56 Å². The van der Waals surface area contributed by atoms with Crippen LogP contribution in [0, 0.1) is 5.82 Å². The Morgan fingerprint density at radius 3 is 2.58 bits per heavy atom. The molecule has 0 amide bonds. The number of hydrogen-bond acceptors (Lipinski definition) is 6. The van der Waals surface area contributed by atoms with Gasteiger partial charge in [0.05, 0.1) is 17.8 Å². The van der Waals surface area contributed by atoms with E-state index in [-0.39, 0.29) is 28.7 Å². The third-order valence-corrected chi connectivity index (χ3v) is 4.38. The number of sulfone groups is 1. The van der Waals surface area contributed by atoms with Gasteiger partial charge in [0.2, 0.25) is 15.0 Å². The van der Waals surface area contributed by atoms with E-state index in [0.717, 1.165) is 6.26 Å². The first kappa shape index (κ1) is 17.7. The largest absolute Gasteiger partial charge is 0.366 e. The minimum atomic E-state index is -3.64. The molecule has 0 atom stereocenters. The summed E-state index contributed by atoms with van der Waals surface area (Å²) in [6.07, 6.45) is 3.78. The van der Waals surface area contributed by atoms with Crippen LogP contribution in [0.4, 0.5) is 4.39 Å². The lowest BCUT2D eigenvalue weighted by Gasteiger charge is -2.07. The van der Waals surface area contributed by atoms with Crippen LogP contribution < -0.4 is 5.63 Å². The fourth-order valence-corrected chi connectivity index (χ4v) is 2.95. The highest BCUT2D eigenvalue weighted by atomic mass is 32.2. The van der Waals surface area contributed by atoms with Crippen molar-refractivity contribution in [3.05, 3.63) is 65.4 Å². The molecule has 0 saturated heterocycles. The zero-order chi connectivity index (χ0) is 18.9. The molecule has 134 valence electrons. The van der Waals surface area contributed by atoms with Crippen molar-refractivity contribution in [2.24, 2.45) is 0 Å². The van der Waals surface area contributed by atoms with Crippen molar-refractivity contribution in [1.82, 2.24) is 14.7 Å². The molecule has 1 aromatic carbocycles. The maximum atomic E-state index is 13.2. The van der Waals surface area contributed by atoms with Crippen LogP contribution >= 0.6 is 0 Å². The third-order valence-electron chi connectivity index (χ3n) is 3.52. The minimum Gasteiger partial charge on any atom is -0.335 e. The molecule has 0 N–H and O–H groups in total. The Bertz CT molecular complexity index is 1130. The molecule has 0 saturated carbocycles. The zero-order valence-electron chi connectivity index (χ0n) is 13.7. The fraction of sp³-hybridized carbons (Fsp3) is 0.118. The molecule has 2 aromatic heterocycles. The monoisotopic (exact) mass is 375 g/mol. The Kier molecular flexibility index (Phi) is 4.56. The molecule has 0 aliphatic carbocycles. The fourth-order valence-electron chi connectivity index (χ4n) is 2.44. The summed E-state index contributed by atoms with van der Waals surface area (Å²) in [5.74, 6) is -0.452. The lowest BCUT2D eigenvalue weighted by Crippen LogP contribution is -2.06. The van der Waals surface area contributed by atoms with Crippen molar-refractivity contribution in [3.63, 3.8) is 0 Å². The van der Waals surface area contributed by atoms with Crippen molar-refractivity contribution < 1.29 is 17.3 Å². The van der Waals surface area contributed by atoms with Crippen molar-refractivity contribution >= 4 is 9.84 Å². The molecule has 3 rings (SSSR count). The number of allylic oxidation sites excluding steroid dienone is 1. The van der Waals surface area contributed by atoms with Crippen LogP contribution in [-0.4, -0.2) is 29.4 Å². The van der Waals surface area contributed by atoms with Gasteiger partial charge in [0.15, 0.2) is 0 Å². The summed E-state index contributed by atoms with van der Waals surface area (Å²) in [7, 11) is -3.64. The van der Waals surface area contributed by atoms with Crippen LogP contribution in [0.25, 0.3) is 22.5 Å². The Morgan fingerprint density at radius 2 is 1.96 bits per heavy atom. The van der Waals surface area contributed by atoms with E-state index in [1.54, 1.807) is 0 Å². The highest BCUT2D eigenvalue weighted by Gasteiger charge is 2.23. The number of nitrogens with zero attached hydrogens (tertiary/aromatic N) is 3. The predicted molar refractivity (Wildman–Crippen MR) is 92.7 cm³/mol. The van der Waals surface area contributed by atoms with Crippen molar-refractivity contribution in [2.45, 2.75) is 11.7 Å². The van der Waals surface area contributed by atoms with E-state index in [1.807, 2.05) is 0 Å². The highest BCUT2D eigenvalue weighted by Crippen LogP contribution is 2.29. The molecule has 9 heteroatoms. The normalized spacial score (nSPS) is 11.5. The van der Waals surface area contributed by atoms with Gasteiger partial charge in [-0.1, -0.05) is 18.2 Å². The van der Waals surface area contributed by atoms with Gasteiger partial charge in [-0.15, -0.1) is 6.58 Å². The van der Waals surface area contributed by atoms with Crippen LogP contribution in [0.5, 0.6) is 0 Å². The van der Waals surface area contributed by atoms with Gasteiger partial charge in [-0.2, -0.15) is 4.74 Å². The molecule has 7 nitrogen and oxygen atoms in total. The average molecular weight is 375 g/mol. The third kappa shape index (κ3) is 3.33. The maximum Gasteiger partial charge on any atom is 0.366 e. The van der Waals surface area contributed by atoms with Crippen LogP contribution in [0.1, 0.15) is 0 Å². The summed E-state index contributed by atoms with van der Waals surface area (Å²) in [5, 5.41) is -0.376. The minimum absolute atomic E-state index is 0.144. The van der Waals surface area contributed by atoms with Crippen LogP contribution in [0.15, 0.2) is 63.7 Å². The SMILES string of the molecule is C=CCn1oc(=O)c(-c2ccc(F)cc2)c1-c1ccnc(S(C)(=O)=O)n1. The van der Waals surface area contributed by atoms with Gasteiger partial charge in [0, 0.05) is 12.5 Å². The second-order valence-electron chi connectivity index (χ2n) is 5.46. The molecule has 2 heterocycles. The summed E-state index contributed by atoms with van der Waals surface area (Å²) in [6, 6.07) is 6.76. The van der Waals surface area contributed by atoms with E-state index < -0.39 is 21.3 Å². The molecule has 0 fully saturated rings. The topological polar surface area (TPSA) is 95.1 Å². The van der Waals surface area contributed by atoms with Gasteiger partial charge in [-0.05, 0) is 23.8 Å². The lowest BCUT2D eigenvalue weighted by molar-refractivity contribution is 0.273. The first-order chi connectivity index (χ1) is 12.3. The van der Waals surface area contributed by atoms with Crippen molar-refractivity contribution in [2.75, 3.05) is 6.26 Å². The summed E-state index contributed by atoms with van der Waals surface area (Å²) in [4.78, 5) is 20.2. The number of hydrogen-bond donors (Lipinski definition) is 0. The first-order valence-electron chi connectivity index (χ1n) is 7.45. The molecule has 0 bridgehead atoms. The molecule has 3 aromatic rings. The van der Waals surface area contributed by atoms with Gasteiger partial charge < -0.3 is 4.52 Å². The van der Waals surface area contributed by atoms with Gasteiger partial charge in [-0.25, -0.2) is 27.6 Å². The van der Waals surface area contributed by atoms with E-state index in [9.17, 15) is 17.6 Å². The standard InChI is InChI=1S/C17H14FN3O4S/c1-3-10-21-15(13-8-9-19-17(20-13)26(2,23)24)14(16(22)25-21)11-4-6-12(18)7-5-11/h3-9H,1,10H2,2H3. The Morgan fingerprint density at radius 1 is 1.27 bits per heavy atom. The van der Waals surface area contributed by atoms with E-state index in [1.165, 1.54) is 47.3 Å². The average Bonchev–Trinajstić information content (AvgIpc) is 2.91. The number of halogens is 1. The van der Waals surface area contributed by atoms with Crippen molar-refractivity contribution in [3.8, 4) is 22.5 Å². The summed E-state index contributed by atoms with van der Waals surface area (Å²) >= 11 is 0. The highest BCUT2D eigenvalue weighted by molar-refractivity contribution is 7.90. The molecule has 26 heavy (non-hydrogen) atoms. The maximum absolute atomic E-state index is 13.2. The van der Waals surface area contributed by atoms with Crippen LogP contribution in [0.2, 0.25) is 0 Å². The number of benzene rings is 1. The Hall–Kier alpha value is -3.07. The Labute approximate surface area is 148 Å². The van der Waals surface area contributed by atoms with E-state index in [2.05, 4.69) is 16.5 Å². The van der Waals surface area contributed by atoms with Gasteiger partial charge in [-0.3, -0.25) is 0 Å². The molecule has 0 aliphatic rings. The smallest absolute Gasteiger partial charge is 0.335 e. The molecule has 0 radical (unpaired) electrons. The molecule has 0 unspecified atom stereocenters. The molecular weight excluding hydrogens is 361 g/mol. The first-order valence-corrected chi connectivity index (χ1v) is 9.35. The van der Waals surface area contributed by atoms with Crippen molar-refractivity contribution in [1.29, 1.82) is 0 Å². The second-order valence-corrected chi connectivity index (χ2v) is 7.37. The van der Waals surface area contributed by atoms with Gasteiger partial charge in [0.25, 0.3) is 0 Å². The second kappa shape index (κ2) is 6.68. The van der Waals surface area contributed by atoms with E-state index >= 15 is 0 Å².